The van der Waals surface area contributed by atoms with E-state index in [4.69, 9.17) is 0 Å². The second kappa shape index (κ2) is 6.90. The van der Waals surface area contributed by atoms with Crippen LogP contribution in [0.25, 0.3) is 0 Å². The van der Waals surface area contributed by atoms with Gasteiger partial charge in [-0.15, -0.1) is 0 Å². The van der Waals surface area contributed by atoms with E-state index >= 15 is 0 Å². The molecule has 2 atom stereocenters. The Labute approximate surface area is 152 Å². The number of anilines is 2. The van der Waals surface area contributed by atoms with Crippen molar-refractivity contribution >= 4 is 23.2 Å². The van der Waals surface area contributed by atoms with Crippen LogP contribution in [0.2, 0.25) is 0 Å². The monoisotopic (exact) mass is 350 g/mol. The van der Waals surface area contributed by atoms with Gasteiger partial charge in [0, 0.05) is 31.4 Å². The summed E-state index contributed by atoms with van der Waals surface area (Å²) in [5.41, 5.74) is 10.2. The Morgan fingerprint density at radius 2 is 1.96 bits per heavy atom. The second-order valence-corrected chi connectivity index (χ2v) is 6.77. The van der Waals surface area contributed by atoms with Crippen molar-refractivity contribution < 1.29 is 9.59 Å². The molecule has 2 heterocycles. The molecule has 1 fully saturated rings. The summed E-state index contributed by atoms with van der Waals surface area (Å²) in [6.45, 7) is 2.86. The minimum Gasteiger partial charge on any atom is -0.326 e. The summed E-state index contributed by atoms with van der Waals surface area (Å²) in [7, 11) is 0. The first kappa shape index (κ1) is 16.8. The van der Waals surface area contributed by atoms with Crippen molar-refractivity contribution in [1.82, 2.24) is 10.9 Å². The molecule has 2 aromatic rings. The fourth-order valence-corrected chi connectivity index (χ4v) is 3.76. The number of hydrogen-bond donors (Lipinski definition) is 3. The Balaban J connectivity index is 1.49. The molecule has 4 rings (SSSR count). The van der Waals surface area contributed by atoms with Crippen molar-refractivity contribution in [2.75, 3.05) is 23.3 Å². The fraction of sp³-hybridized carbons (Fsp3) is 0.300. The number of carbonyl (C=O) groups excluding carboxylic acids is 2. The van der Waals surface area contributed by atoms with Gasteiger partial charge in [0.15, 0.2) is 0 Å². The first-order valence-corrected chi connectivity index (χ1v) is 8.89. The Morgan fingerprint density at radius 3 is 2.73 bits per heavy atom. The summed E-state index contributed by atoms with van der Waals surface area (Å²) in [5.74, 6) is -0.161. The largest absolute Gasteiger partial charge is 0.326 e. The van der Waals surface area contributed by atoms with Gasteiger partial charge >= 0.3 is 0 Å². The van der Waals surface area contributed by atoms with E-state index in [2.05, 4.69) is 16.2 Å². The number of nitrogens with one attached hydrogen (secondary N) is 3. The van der Waals surface area contributed by atoms with Crippen molar-refractivity contribution in [3.63, 3.8) is 0 Å². The van der Waals surface area contributed by atoms with Gasteiger partial charge in [-0.25, -0.2) is 5.43 Å². The number of benzene rings is 2. The summed E-state index contributed by atoms with van der Waals surface area (Å²) in [4.78, 5) is 26.2. The number of amides is 2. The maximum absolute atomic E-state index is 12.8. The van der Waals surface area contributed by atoms with E-state index < -0.39 is 0 Å². The highest BCUT2D eigenvalue weighted by Gasteiger charge is 2.34. The van der Waals surface area contributed by atoms with Crippen LogP contribution in [-0.4, -0.2) is 24.9 Å². The van der Waals surface area contributed by atoms with Crippen LogP contribution in [0.3, 0.4) is 0 Å². The summed E-state index contributed by atoms with van der Waals surface area (Å²) >= 11 is 0. The van der Waals surface area contributed by atoms with Crippen LogP contribution in [0, 0.1) is 5.92 Å². The molecule has 1 saturated heterocycles. The quantitative estimate of drug-likeness (QED) is 0.792. The highest BCUT2D eigenvalue weighted by molar-refractivity contribution is 5.96. The molecular weight excluding hydrogens is 328 g/mol. The van der Waals surface area contributed by atoms with E-state index in [1.165, 1.54) is 0 Å². The molecule has 2 aromatic carbocycles. The molecule has 134 valence electrons. The van der Waals surface area contributed by atoms with E-state index in [0.717, 1.165) is 28.9 Å². The first-order chi connectivity index (χ1) is 12.6. The maximum Gasteiger partial charge on any atom is 0.230 e. The number of nitrogens with zero attached hydrogens (tertiary/aromatic N) is 1. The van der Waals surface area contributed by atoms with Crippen LogP contribution in [0.1, 0.15) is 24.1 Å². The molecule has 2 aliphatic heterocycles. The third kappa shape index (κ3) is 3.09. The maximum atomic E-state index is 12.8. The van der Waals surface area contributed by atoms with E-state index in [1.54, 1.807) is 11.8 Å². The van der Waals surface area contributed by atoms with Crippen LogP contribution in [0.15, 0.2) is 48.5 Å². The molecule has 2 amide bonds. The van der Waals surface area contributed by atoms with E-state index in [1.807, 2.05) is 48.5 Å². The molecule has 0 spiro atoms. The van der Waals surface area contributed by atoms with Crippen molar-refractivity contribution in [1.29, 1.82) is 0 Å². The zero-order chi connectivity index (χ0) is 18.1. The lowest BCUT2D eigenvalue weighted by molar-refractivity contribution is -0.120. The predicted molar refractivity (Wildman–Crippen MR) is 101 cm³/mol. The third-order valence-corrected chi connectivity index (χ3v) is 5.10. The lowest BCUT2D eigenvalue weighted by Crippen LogP contribution is -2.29. The van der Waals surface area contributed by atoms with Gasteiger partial charge in [-0.1, -0.05) is 30.3 Å². The first-order valence-electron chi connectivity index (χ1n) is 8.89. The van der Waals surface area contributed by atoms with Crippen molar-refractivity contribution in [2.24, 2.45) is 5.92 Å². The number of carbonyl (C=O) groups is 2. The Kier molecular flexibility index (Phi) is 4.44. The van der Waals surface area contributed by atoms with Crippen LogP contribution in [-0.2, 0) is 16.0 Å². The molecule has 3 N–H and O–H groups in total. The molecule has 2 aliphatic rings. The van der Waals surface area contributed by atoms with Crippen LogP contribution >= 0.6 is 0 Å². The van der Waals surface area contributed by atoms with E-state index in [9.17, 15) is 9.59 Å². The molecule has 0 bridgehead atoms. The molecule has 26 heavy (non-hydrogen) atoms. The highest BCUT2D eigenvalue weighted by atomic mass is 16.2. The Morgan fingerprint density at radius 1 is 1.15 bits per heavy atom. The Hall–Kier alpha value is -2.70. The molecular formula is C20H22N4O2. The SMILES string of the molecule is CC(=O)N1CCc2cc(NC(=O)C3CNNC3c3ccccc3)ccc21. The van der Waals surface area contributed by atoms with E-state index in [-0.39, 0.29) is 23.8 Å². The van der Waals surface area contributed by atoms with Gasteiger partial charge in [0.05, 0.1) is 12.0 Å². The topological polar surface area (TPSA) is 73.5 Å². The lowest BCUT2D eigenvalue weighted by atomic mass is 9.94. The van der Waals surface area contributed by atoms with Crippen molar-refractivity contribution in [3.8, 4) is 0 Å². The molecule has 0 aliphatic carbocycles. The summed E-state index contributed by atoms with van der Waals surface area (Å²) in [6.07, 6.45) is 0.817. The number of hydrogen-bond acceptors (Lipinski definition) is 4. The third-order valence-electron chi connectivity index (χ3n) is 5.10. The van der Waals surface area contributed by atoms with Gasteiger partial charge in [0.25, 0.3) is 0 Å². The van der Waals surface area contributed by atoms with E-state index in [0.29, 0.717) is 13.1 Å². The van der Waals surface area contributed by atoms with Gasteiger partial charge in [-0.3, -0.25) is 15.0 Å². The fourth-order valence-electron chi connectivity index (χ4n) is 3.76. The normalized spacial score (nSPS) is 21.5. The standard InChI is InChI=1S/C20H22N4O2/c1-13(25)24-10-9-15-11-16(7-8-18(15)24)22-20(26)17-12-21-23-19(17)14-5-3-2-4-6-14/h2-8,11,17,19,21,23H,9-10,12H2,1H3,(H,22,26). The van der Waals surface area contributed by atoms with Gasteiger partial charge in [-0.2, -0.15) is 0 Å². The van der Waals surface area contributed by atoms with Gasteiger partial charge in [0.1, 0.15) is 0 Å². The Bertz CT molecular complexity index is 837. The lowest BCUT2D eigenvalue weighted by Gasteiger charge is -2.19. The number of hydrazine groups is 1. The smallest absolute Gasteiger partial charge is 0.230 e. The minimum atomic E-state index is -0.195. The summed E-state index contributed by atoms with van der Waals surface area (Å²) < 4.78 is 0. The van der Waals surface area contributed by atoms with Gasteiger partial charge in [0.2, 0.25) is 11.8 Å². The van der Waals surface area contributed by atoms with Gasteiger partial charge < -0.3 is 10.2 Å². The van der Waals surface area contributed by atoms with Crippen molar-refractivity contribution in [2.45, 2.75) is 19.4 Å². The predicted octanol–water partition coefficient (Wildman–Crippen LogP) is 2.00. The number of rotatable bonds is 3. The summed E-state index contributed by atoms with van der Waals surface area (Å²) in [5, 5.41) is 3.03. The second-order valence-electron chi connectivity index (χ2n) is 6.77. The van der Waals surface area contributed by atoms with Gasteiger partial charge in [-0.05, 0) is 35.7 Å². The molecule has 6 heteroatoms. The van der Waals surface area contributed by atoms with Crippen LogP contribution < -0.4 is 21.1 Å². The zero-order valence-corrected chi connectivity index (χ0v) is 14.7. The highest BCUT2D eigenvalue weighted by Crippen LogP contribution is 2.31. The van der Waals surface area contributed by atoms with Crippen molar-refractivity contribution in [3.05, 3.63) is 59.7 Å². The average Bonchev–Trinajstić information content (AvgIpc) is 3.29. The molecule has 0 radical (unpaired) electrons. The molecule has 0 saturated carbocycles. The zero-order valence-electron chi connectivity index (χ0n) is 14.7. The molecule has 2 unspecified atom stereocenters. The molecule has 6 nitrogen and oxygen atoms in total. The summed E-state index contributed by atoms with van der Waals surface area (Å²) in [6, 6.07) is 15.7. The average molecular weight is 350 g/mol. The van der Waals surface area contributed by atoms with Crippen LogP contribution in [0.4, 0.5) is 11.4 Å². The minimum absolute atomic E-state index is 0.0160. The number of fused-ring (bicyclic) bond motifs is 1. The molecule has 0 aromatic heterocycles. The van der Waals surface area contributed by atoms with Crippen LogP contribution in [0.5, 0.6) is 0 Å².